The molecule has 0 bridgehead atoms. The molecule has 1 atom stereocenters. The van der Waals surface area contributed by atoms with Crippen LogP contribution in [0.5, 0.6) is 0 Å². The zero-order chi connectivity index (χ0) is 14.9. The first-order valence-corrected chi connectivity index (χ1v) is 12.9. The summed E-state index contributed by atoms with van der Waals surface area (Å²) in [5.74, 6) is 0. The minimum atomic E-state index is -2.06. The number of hydrogen-bond acceptors (Lipinski definition) is 5. The third-order valence-electron chi connectivity index (χ3n) is 2.89. The summed E-state index contributed by atoms with van der Waals surface area (Å²) >= 11 is 0. The van der Waals surface area contributed by atoms with E-state index in [1.807, 2.05) is 0 Å². The van der Waals surface area contributed by atoms with E-state index in [0.717, 1.165) is 19.0 Å². The topological polar surface area (TPSA) is 62.2 Å². The van der Waals surface area contributed by atoms with E-state index in [0.29, 0.717) is 13.1 Å². The van der Waals surface area contributed by atoms with Gasteiger partial charge in [-0.15, -0.1) is 0 Å². The normalized spacial score (nSPS) is 15.8. The molecular formula is C12H31NO4Si2. The van der Waals surface area contributed by atoms with E-state index in [1.54, 1.807) is 7.11 Å². The van der Waals surface area contributed by atoms with Crippen molar-refractivity contribution in [2.75, 3.05) is 40.0 Å². The second-order valence-electron chi connectivity index (χ2n) is 5.94. The second-order valence-corrected chi connectivity index (χ2v) is 14.2. The highest BCUT2D eigenvalue weighted by molar-refractivity contribution is 6.81. The van der Waals surface area contributed by atoms with Crippen LogP contribution < -0.4 is 0 Å². The van der Waals surface area contributed by atoms with Crippen molar-refractivity contribution >= 4 is 16.9 Å². The molecule has 1 unspecified atom stereocenters. The smallest absolute Gasteiger partial charge is 0.324 e. The van der Waals surface area contributed by atoms with Gasteiger partial charge in [0.2, 0.25) is 0 Å². The van der Waals surface area contributed by atoms with E-state index in [4.69, 9.17) is 18.8 Å². The average molecular weight is 310 g/mol. The standard InChI is InChI=1S/C12H31NO4Si2/c1-16-19(5,17-18(2,3)4)12-6-7-13(8-10-14)9-11-15/h14-15H,6-12H2,1-5H3. The van der Waals surface area contributed by atoms with Crippen LogP contribution in [0.2, 0.25) is 32.2 Å². The van der Waals surface area contributed by atoms with Gasteiger partial charge in [-0.25, -0.2) is 0 Å². The Bertz CT molecular complexity index is 232. The summed E-state index contributed by atoms with van der Waals surface area (Å²) < 4.78 is 11.9. The molecule has 5 nitrogen and oxygen atoms in total. The molecule has 19 heavy (non-hydrogen) atoms. The van der Waals surface area contributed by atoms with Gasteiger partial charge in [0.15, 0.2) is 8.32 Å². The first kappa shape index (κ1) is 19.2. The molecule has 116 valence electrons. The molecule has 0 heterocycles. The van der Waals surface area contributed by atoms with E-state index >= 15 is 0 Å². The molecule has 0 saturated heterocycles. The van der Waals surface area contributed by atoms with Crippen molar-refractivity contribution in [1.29, 1.82) is 0 Å². The van der Waals surface area contributed by atoms with Crippen LogP contribution in [0, 0.1) is 0 Å². The van der Waals surface area contributed by atoms with E-state index < -0.39 is 16.9 Å². The van der Waals surface area contributed by atoms with Crippen molar-refractivity contribution in [3.63, 3.8) is 0 Å². The van der Waals surface area contributed by atoms with Crippen LogP contribution in [0.1, 0.15) is 6.42 Å². The number of hydrogen-bond donors (Lipinski definition) is 2. The molecule has 0 spiro atoms. The highest BCUT2D eigenvalue weighted by Gasteiger charge is 2.35. The maximum absolute atomic E-state index is 8.96. The van der Waals surface area contributed by atoms with Gasteiger partial charge < -0.3 is 18.8 Å². The lowest BCUT2D eigenvalue weighted by molar-refractivity contribution is 0.160. The molecule has 0 amide bonds. The Morgan fingerprint density at radius 2 is 1.47 bits per heavy atom. The van der Waals surface area contributed by atoms with Crippen molar-refractivity contribution in [3.8, 4) is 0 Å². The lowest BCUT2D eigenvalue weighted by Crippen LogP contribution is -2.47. The third-order valence-corrected chi connectivity index (χ3v) is 9.19. The minimum Gasteiger partial charge on any atom is -0.436 e. The molecule has 0 aromatic heterocycles. The molecule has 7 heteroatoms. The molecule has 0 aliphatic heterocycles. The zero-order valence-corrected chi connectivity index (χ0v) is 15.1. The van der Waals surface area contributed by atoms with Gasteiger partial charge in [0.25, 0.3) is 0 Å². The second kappa shape index (κ2) is 9.22. The monoisotopic (exact) mass is 309 g/mol. The summed E-state index contributed by atoms with van der Waals surface area (Å²) in [4.78, 5) is 2.07. The number of aliphatic hydroxyl groups is 2. The van der Waals surface area contributed by atoms with Crippen LogP contribution in [-0.4, -0.2) is 71.9 Å². The van der Waals surface area contributed by atoms with Gasteiger partial charge >= 0.3 is 8.56 Å². The van der Waals surface area contributed by atoms with Crippen LogP contribution in [-0.2, 0) is 8.54 Å². The third kappa shape index (κ3) is 9.72. The largest absolute Gasteiger partial charge is 0.436 e. The minimum absolute atomic E-state index is 0.129. The fourth-order valence-corrected chi connectivity index (χ4v) is 9.01. The average Bonchev–Trinajstić information content (AvgIpc) is 2.27. The SMILES string of the molecule is CO[Si](C)(CCCN(CCO)CCO)O[Si](C)(C)C. The van der Waals surface area contributed by atoms with Crippen molar-refractivity contribution in [2.24, 2.45) is 0 Å². The van der Waals surface area contributed by atoms with Gasteiger partial charge in [-0.3, -0.25) is 4.90 Å². The molecule has 0 fully saturated rings. The Labute approximate surface area is 119 Å². The van der Waals surface area contributed by atoms with Crippen molar-refractivity contribution < 1.29 is 18.8 Å². The molecule has 0 aromatic rings. The van der Waals surface area contributed by atoms with Crippen molar-refractivity contribution in [1.82, 2.24) is 4.90 Å². The lowest BCUT2D eigenvalue weighted by Gasteiger charge is -2.33. The molecular weight excluding hydrogens is 278 g/mol. The van der Waals surface area contributed by atoms with Crippen molar-refractivity contribution in [2.45, 2.75) is 38.7 Å². The summed E-state index contributed by atoms with van der Waals surface area (Å²) in [6.07, 6.45) is 0.973. The summed E-state index contributed by atoms with van der Waals surface area (Å²) in [7, 11) is -1.90. The number of aliphatic hydroxyl groups excluding tert-OH is 2. The summed E-state index contributed by atoms with van der Waals surface area (Å²) in [5.41, 5.74) is 0. The predicted molar refractivity (Wildman–Crippen MR) is 83.1 cm³/mol. The quantitative estimate of drug-likeness (QED) is 0.562. The van der Waals surface area contributed by atoms with Gasteiger partial charge in [0, 0.05) is 20.2 Å². The Hall–Kier alpha value is 0.234. The van der Waals surface area contributed by atoms with Gasteiger partial charge in [0.05, 0.1) is 13.2 Å². The number of nitrogens with zero attached hydrogens (tertiary/aromatic N) is 1. The van der Waals surface area contributed by atoms with Crippen LogP contribution in [0.4, 0.5) is 0 Å². The fraction of sp³-hybridized carbons (Fsp3) is 1.00. The lowest BCUT2D eigenvalue weighted by atomic mass is 10.4. The van der Waals surface area contributed by atoms with E-state index in [1.165, 1.54) is 0 Å². The Kier molecular flexibility index (Phi) is 9.33. The van der Waals surface area contributed by atoms with Crippen LogP contribution in [0.15, 0.2) is 0 Å². The highest BCUT2D eigenvalue weighted by Crippen LogP contribution is 2.20. The molecule has 0 aromatic carbocycles. The summed E-state index contributed by atoms with van der Waals surface area (Å²) in [5, 5.41) is 17.9. The molecule has 0 aliphatic rings. The van der Waals surface area contributed by atoms with E-state index in [-0.39, 0.29) is 13.2 Å². The summed E-state index contributed by atoms with van der Waals surface area (Å²) in [6.45, 7) is 11.0. The van der Waals surface area contributed by atoms with Gasteiger partial charge in [0.1, 0.15) is 0 Å². The van der Waals surface area contributed by atoms with Gasteiger partial charge in [-0.2, -0.15) is 0 Å². The number of rotatable bonds is 11. The molecule has 0 rings (SSSR count). The molecule has 0 aliphatic carbocycles. The van der Waals surface area contributed by atoms with Gasteiger partial charge in [-0.1, -0.05) is 0 Å². The van der Waals surface area contributed by atoms with Crippen LogP contribution in [0.25, 0.3) is 0 Å². The zero-order valence-electron chi connectivity index (χ0n) is 13.1. The maximum Gasteiger partial charge on any atom is 0.324 e. The van der Waals surface area contributed by atoms with Crippen LogP contribution >= 0.6 is 0 Å². The highest BCUT2D eigenvalue weighted by atomic mass is 28.4. The Balaban J connectivity index is 4.18. The Morgan fingerprint density at radius 3 is 1.84 bits per heavy atom. The van der Waals surface area contributed by atoms with E-state index in [2.05, 4.69) is 31.1 Å². The molecule has 0 radical (unpaired) electrons. The molecule has 2 N–H and O–H groups in total. The first-order chi connectivity index (χ1) is 8.76. The van der Waals surface area contributed by atoms with Gasteiger partial charge in [-0.05, 0) is 45.2 Å². The Morgan fingerprint density at radius 1 is 0.947 bits per heavy atom. The predicted octanol–water partition coefficient (Wildman–Crippen LogP) is 1.23. The first-order valence-electron chi connectivity index (χ1n) is 6.96. The van der Waals surface area contributed by atoms with Crippen molar-refractivity contribution in [3.05, 3.63) is 0 Å². The maximum atomic E-state index is 8.96. The fourth-order valence-electron chi connectivity index (χ4n) is 2.08. The van der Waals surface area contributed by atoms with E-state index in [9.17, 15) is 0 Å². The summed E-state index contributed by atoms with van der Waals surface area (Å²) in [6, 6.07) is 0.946. The van der Waals surface area contributed by atoms with Crippen LogP contribution in [0.3, 0.4) is 0 Å². The molecule has 0 saturated carbocycles.